The highest BCUT2D eigenvalue weighted by molar-refractivity contribution is 5.95. The summed E-state index contributed by atoms with van der Waals surface area (Å²) in [4.78, 5) is 17.4. The van der Waals surface area contributed by atoms with Gasteiger partial charge in [0.25, 0.3) is 5.91 Å². The van der Waals surface area contributed by atoms with Crippen LogP contribution in [0.2, 0.25) is 0 Å². The van der Waals surface area contributed by atoms with Crippen LogP contribution in [0.15, 0.2) is 60.7 Å². The van der Waals surface area contributed by atoms with Gasteiger partial charge in [0.2, 0.25) is 0 Å². The van der Waals surface area contributed by atoms with E-state index in [0.717, 1.165) is 66.9 Å². The lowest BCUT2D eigenvalue weighted by atomic mass is 10.1. The standard InChI is InChI=1S/C32H39N3O2/c1-23-17-18-27(25(3)22-23)32(36)33-19-9-5-6-16-31-34-28-13-7-8-14-29(28)35(31)20-11-21-37-30-15-10-12-24(2)26(30)4/h7-8,10,12-15,17-18,22H,5-6,9,11,16,19-21H2,1-4H3,(H,33,36). The van der Waals surface area contributed by atoms with Crippen LogP contribution in [0.1, 0.15) is 64.1 Å². The Balaban J connectivity index is 1.26. The molecule has 0 aliphatic rings. The van der Waals surface area contributed by atoms with Crippen molar-refractivity contribution in [2.75, 3.05) is 13.2 Å². The van der Waals surface area contributed by atoms with Gasteiger partial charge in [-0.25, -0.2) is 4.98 Å². The second-order valence-corrected chi connectivity index (χ2v) is 9.95. The van der Waals surface area contributed by atoms with E-state index in [-0.39, 0.29) is 5.91 Å². The maximum Gasteiger partial charge on any atom is 0.251 e. The average molecular weight is 498 g/mol. The number of carbonyl (C=O) groups is 1. The summed E-state index contributed by atoms with van der Waals surface area (Å²) in [6, 6.07) is 20.5. The van der Waals surface area contributed by atoms with E-state index in [1.807, 2.05) is 44.2 Å². The Labute approximate surface area is 220 Å². The van der Waals surface area contributed by atoms with Gasteiger partial charge >= 0.3 is 0 Å². The minimum atomic E-state index is 0.0161. The first-order valence-electron chi connectivity index (χ1n) is 13.4. The van der Waals surface area contributed by atoms with E-state index in [9.17, 15) is 4.79 Å². The van der Waals surface area contributed by atoms with Gasteiger partial charge in [0, 0.05) is 25.1 Å². The molecule has 1 heterocycles. The molecule has 0 bridgehead atoms. The number of rotatable bonds is 12. The topological polar surface area (TPSA) is 56.2 Å². The predicted octanol–water partition coefficient (Wildman–Crippen LogP) is 6.88. The normalized spacial score (nSPS) is 11.1. The number of nitrogens with zero attached hydrogens (tertiary/aromatic N) is 2. The first-order valence-corrected chi connectivity index (χ1v) is 13.4. The highest BCUT2D eigenvalue weighted by atomic mass is 16.5. The Morgan fingerprint density at radius 1 is 0.892 bits per heavy atom. The SMILES string of the molecule is Cc1ccc(C(=O)NCCCCCc2nc3ccccc3n2CCCOc2cccc(C)c2C)c(C)c1. The molecule has 0 saturated heterocycles. The van der Waals surface area contributed by atoms with Gasteiger partial charge in [0.1, 0.15) is 11.6 Å². The van der Waals surface area contributed by atoms with Crippen LogP contribution in [0.5, 0.6) is 5.75 Å². The van der Waals surface area contributed by atoms with Crippen molar-refractivity contribution in [1.82, 2.24) is 14.9 Å². The van der Waals surface area contributed by atoms with Gasteiger partial charge in [-0.1, -0.05) is 48.4 Å². The predicted molar refractivity (Wildman–Crippen MR) is 152 cm³/mol. The molecule has 1 aromatic heterocycles. The smallest absolute Gasteiger partial charge is 0.251 e. The van der Waals surface area contributed by atoms with Crippen LogP contribution >= 0.6 is 0 Å². The zero-order valence-corrected chi connectivity index (χ0v) is 22.6. The number of para-hydroxylation sites is 2. The number of nitrogens with one attached hydrogen (secondary N) is 1. The van der Waals surface area contributed by atoms with Crippen LogP contribution in [-0.4, -0.2) is 28.6 Å². The summed E-state index contributed by atoms with van der Waals surface area (Å²) in [6.45, 7) is 10.5. The minimum absolute atomic E-state index is 0.0161. The lowest BCUT2D eigenvalue weighted by Gasteiger charge is -2.13. The molecule has 0 spiro atoms. The Kier molecular flexibility index (Phi) is 8.99. The van der Waals surface area contributed by atoms with Crippen molar-refractivity contribution in [3.63, 3.8) is 0 Å². The van der Waals surface area contributed by atoms with Gasteiger partial charge in [0.05, 0.1) is 17.6 Å². The molecule has 5 heteroatoms. The van der Waals surface area contributed by atoms with Gasteiger partial charge in [-0.2, -0.15) is 0 Å². The Morgan fingerprint density at radius 2 is 1.73 bits per heavy atom. The molecule has 4 aromatic rings. The molecule has 0 atom stereocenters. The molecule has 4 rings (SSSR count). The molecule has 0 saturated carbocycles. The van der Waals surface area contributed by atoms with Gasteiger partial charge in [-0.3, -0.25) is 4.79 Å². The van der Waals surface area contributed by atoms with Crippen LogP contribution in [0.3, 0.4) is 0 Å². The minimum Gasteiger partial charge on any atom is -0.493 e. The van der Waals surface area contributed by atoms with Crippen molar-refractivity contribution < 1.29 is 9.53 Å². The molecular weight excluding hydrogens is 458 g/mol. The second kappa shape index (κ2) is 12.6. The van der Waals surface area contributed by atoms with E-state index in [2.05, 4.69) is 54.1 Å². The number of fused-ring (bicyclic) bond motifs is 1. The first-order chi connectivity index (χ1) is 17.9. The second-order valence-electron chi connectivity index (χ2n) is 9.95. The van der Waals surface area contributed by atoms with Crippen molar-refractivity contribution in [3.05, 3.63) is 94.3 Å². The molecule has 0 unspecified atom stereocenters. The number of benzene rings is 3. The summed E-state index contributed by atoms with van der Waals surface area (Å²) in [7, 11) is 0. The zero-order chi connectivity index (χ0) is 26.2. The summed E-state index contributed by atoms with van der Waals surface area (Å²) in [5.74, 6) is 2.12. The molecule has 0 radical (unpaired) electrons. The fourth-order valence-electron chi connectivity index (χ4n) is 4.80. The van der Waals surface area contributed by atoms with E-state index in [4.69, 9.17) is 9.72 Å². The first kappa shape index (κ1) is 26.5. The number of unbranched alkanes of at least 4 members (excludes halogenated alkanes) is 2. The fourth-order valence-corrected chi connectivity index (χ4v) is 4.80. The number of ether oxygens (including phenoxy) is 1. The summed E-state index contributed by atoms with van der Waals surface area (Å²) >= 11 is 0. The van der Waals surface area contributed by atoms with E-state index >= 15 is 0 Å². The Hall–Kier alpha value is -3.60. The quantitative estimate of drug-likeness (QED) is 0.217. The molecule has 5 nitrogen and oxygen atoms in total. The molecule has 37 heavy (non-hydrogen) atoms. The van der Waals surface area contributed by atoms with E-state index < -0.39 is 0 Å². The van der Waals surface area contributed by atoms with Crippen molar-refractivity contribution in [2.24, 2.45) is 0 Å². The fraction of sp³-hybridized carbons (Fsp3) is 0.375. The van der Waals surface area contributed by atoms with E-state index in [1.54, 1.807) is 0 Å². The van der Waals surface area contributed by atoms with Crippen LogP contribution < -0.4 is 10.1 Å². The van der Waals surface area contributed by atoms with Gasteiger partial charge < -0.3 is 14.6 Å². The number of imidazole rings is 1. The Bertz CT molecular complexity index is 1360. The van der Waals surface area contributed by atoms with Crippen molar-refractivity contribution in [3.8, 4) is 5.75 Å². The molecule has 3 aromatic carbocycles. The maximum absolute atomic E-state index is 12.5. The molecule has 1 amide bonds. The highest BCUT2D eigenvalue weighted by Gasteiger charge is 2.11. The van der Waals surface area contributed by atoms with Crippen LogP contribution in [-0.2, 0) is 13.0 Å². The molecular formula is C32H39N3O2. The zero-order valence-electron chi connectivity index (χ0n) is 22.6. The number of hydrogen-bond acceptors (Lipinski definition) is 3. The molecule has 0 fully saturated rings. The third-order valence-electron chi connectivity index (χ3n) is 7.06. The van der Waals surface area contributed by atoms with Crippen molar-refractivity contribution >= 4 is 16.9 Å². The highest BCUT2D eigenvalue weighted by Crippen LogP contribution is 2.22. The van der Waals surface area contributed by atoms with E-state index in [0.29, 0.717) is 13.2 Å². The largest absolute Gasteiger partial charge is 0.493 e. The van der Waals surface area contributed by atoms with Crippen LogP contribution in [0, 0.1) is 27.7 Å². The number of amides is 1. The summed E-state index contributed by atoms with van der Waals surface area (Å²) in [6.07, 6.45) is 4.90. The third kappa shape index (κ3) is 6.79. The lowest BCUT2D eigenvalue weighted by Crippen LogP contribution is -2.25. The summed E-state index contributed by atoms with van der Waals surface area (Å²) < 4.78 is 8.44. The number of hydrogen-bond donors (Lipinski definition) is 1. The Morgan fingerprint density at radius 3 is 2.57 bits per heavy atom. The van der Waals surface area contributed by atoms with Crippen LogP contribution in [0.4, 0.5) is 0 Å². The number of aryl methyl sites for hydroxylation is 5. The number of carbonyl (C=O) groups excluding carboxylic acids is 1. The number of aromatic nitrogens is 2. The van der Waals surface area contributed by atoms with E-state index in [1.165, 1.54) is 22.2 Å². The third-order valence-corrected chi connectivity index (χ3v) is 7.06. The van der Waals surface area contributed by atoms with Gasteiger partial charge in [0.15, 0.2) is 0 Å². The average Bonchev–Trinajstić information content (AvgIpc) is 3.23. The maximum atomic E-state index is 12.5. The monoisotopic (exact) mass is 497 g/mol. The molecule has 1 N–H and O–H groups in total. The molecule has 0 aliphatic heterocycles. The van der Waals surface area contributed by atoms with Crippen molar-refractivity contribution in [2.45, 2.75) is 66.3 Å². The molecule has 0 aliphatic carbocycles. The summed E-state index contributed by atoms with van der Waals surface area (Å²) in [5, 5.41) is 3.07. The van der Waals surface area contributed by atoms with Gasteiger partial charge in [-0.15, -0.1) is 0 Å². The van der Waals surface area contributed by atoms with Gasteiger partial charge in [-0.05, 0) is 87.9 Å². The summed E-state index contributed by atoms with van der Waals surface area (Å²) in [5.41, 5.74) is 7.66. The van der Waals surface area contributed by atoms with Crippen molar-refractivity contribution in [1.29, 1.82) is 0 Å². The lowest BCUT2D eigenvalue weighted by molar-refractivity contribution is 0.0952. The molecule has 194 valence electrons. The van der Waals surface area contributed by atoms with Crippen LogP contribution in [0.25, 0.3) is 11.0 Å².